The van der Waals surface area contributed by atoms with Crippen LogP contribution in [0.5, 0.6) is 0 Å². The van der Waals surface area contributed by atoms with Crippen LogP contribution in [0.2, 0.25) is 0 Å². The summed E-state index contributed by atoms with van der Waals surface area (Å²) in [7, 11) is 2.15. The molecular weight excluding hydrogens is 244 g/mol. The molecule has 2 heteroatoms. The van der Waals surface area contributed by atoms with Crippen LogP contribution in [0, 0.1) is 17.8 Å². The van der Waals surface area contributed by atoms with E-state index in [-0.39, 0.29) is 0 Å². The molecule has 1 N–H and O–H groups in total. The van der Waals surface area contributed by atoms with E-state index < -0.39 is 0 Å². The average Bonchev–Trinajstić information content (AvgIpc) is 2.38. The van der Waals surface area contributed by atoms with Crippen LogP contribution in [-0.4, -0.2) is 37.1 Å². The molecule has 20 heavy (non-hydrogen) atoms. The smallest absolute Gasteiger partial charge is 0.0105 e. The van der Waals surface area contributed by atoms with Crippen molar-refractivity contribution in [3.8, 4) is 0 Å². The third kappa shape index (κ3) is 5.73. The summed E-state index contributed by atoms with van der Waals surface area (Å²) in [5.41, 5.74) is 0. The van der Waals surface area contributed by atoms with Gasteiger partial charge in [-0.1, -0.05) is 33.6 Å². The third-order valence-electron chi connectivity index (χ3n) is 4.96. The highest BCUT2D eigenvalue weighted by atomic mass is 15.2. The van der Waals surface area contributed by atoms with Crippen LogP contribution in [0.15, 0.2) is 0 Å². The van der Waals surface area contributed by atoms with Crippen molar-refractivity contribution >= 4 is 0 Å². The topological polar surface area (TPSA) is 15.3 Å². The Bertz CT molecular complexity index is 250. The predicted octanol–water partition coefficient (Wildman–Crippen LogP) is 4.16. The molecule has 0 bridgehead atoms. The molecule has 0 heterocycles. The predicted molar refractivity (Wildman–Crippen MR) is 90.1 cm³/mol. The lowest BCUT2D eigenvalue weighted by atomic mass is 9.76. The van der Waals surface area contributed by atoms with Gasteiger partial charge in [0.1, 0.15) is 0 Å². The van der Waals surface area contributed by atoms with Gasteiger partial charge in [0.25, 0.3) is 0 Å². The van der Waals surface area contributed by atoms with Gasteiger partial charge in [0.15, 0.2) is 0 Å². The van der Waals surface area contributed by atoms with Crippen LogP contribution >= 0.6 is 0 Å². The highest BCUT2D eigenvalue weighted by Crippen LogP contribution is 2.33. The van der Waals surface area contributed by atoms with Crippen LogP contribution in [0.25, 0.3) is 0 Å². The van der Waals surface area contributed by atoms with Gasteiger partial charge in [0, 0.05) is 25.2 Å². The Kier molecular flexibility index (Phi) is 8.13. The Labute approximate surface area is 127 Å². The molecular formula is C18H38N2. The van der Waals surface area contributed by atoms with Gasteiger partial charge in [-0.05, 0) is 57.9 Å². The molecule has 0 aromatic carbocycles. The molecule has 3 atom stereocenters. The normalized spacial score (nSPS) is 27.8. The third-order valence-corrected chi connectivity index (χ3v) is 4.96. The average molecular weight is 283 g/mol. The minimum atomic E-state index is 0.668. The van der Waals surface area contributed by atoms with Crippen molar-refractivity contribution in [3.05, 3.63) is 0 Å². The second-order valence-corrected chi connectivity index (χ2v) is 7.56. The Balaban J connectivity index is 2.62. The molecule has 0 aliphatic heterocycles. The lowest BCUT2D eigenvalue weighted by Gasteiger charge is -2.40. The van der Waals surface area contributed by atoms with E-state index in [4.69, 9.17) is 0 Å². The molecule has 0 radical (unpaired) electrons. The van der Waals surface area contributed by atoms with Gasteiger partial charge in [-0.25, -0.2) is 0 Å². The fourth-order valence-electron chi connectivity index (χ4n) is 3.88. The highest BCUT2D eigenvalue weighted by Gasteiger charge is 2.31. The lowest BCUT2D eigenvalue weighted by Crippen LogP contribution is -2.47. The second-order valence-electron chi connectivity index (χ2n) is 7.56. The van der Waals surface area contributed by atoms with E-state index >= 15 is 0 Å². The molecule has 1 fully saturated rings. The number of nitrogens with zero attached hydrogens (tertiary/aromatic N) is 1. The van der Waals surface area contributed by atoms with Crippen LogP contribution in [0.1, 0.15) is 66.7 Å². The van der Waals surface area contributed by atoms with Gasteiger partial charge in [0.05, 0.1) is 0 Å². The maximum atomic E-state index is 3.59. The minimum Gasteiger partial charge on any atom is -0.317 e. The summed E-state index contributed by atoms with van der Waals surface area (Å²) in [6.07, 6.45) is 7.02. The van der Waals surface area contributed by atoms with Crippen molar-refractivity contribution in [3.63, 3.8) is 0 Å². The molecule has 120 valence electrons. The van der Waals surface area contributed by atoms with E-state index in [1.807, 2.05) is 0 Å². The lowest BCUT2D eigenvalue weighted by molar-refractivity contribution is 0.110. The maximum absolute atomic E-state index is 3.59. The maximum Gasteiger partial charge on any atom is 0.0105 e. The molecule has 0 aromatic rings. The monoisotopic (exact) mass is 282 g/mol. The Morgan fingerprint density at radius 2 is 1.85 bits per heavy atom. The summed E-state index contributed by atoms with van der Waals surface area (Å²) in [5, 5.41) is 3.59. The van der Waals surface area contributed by atoms with Crippen molar-refractivity contribution in [1.82, 2.24) is 10.2 Å². The molecule has 1 aliphatic rings. The largest absolute Gasteiger partial charge is 0.317 e. The Morgan fingerprint density at radius 3 is 2.35 bits per heavy atom. The van der Waals surface area contributed by atoms with Gasteiger partial charge in [0.2, 0.25) is 0 Å². The number of hydrogen-bond donors (Lipinski definition) is 1. The number of hydrogen-bond acceptors (Lipinski definition) is 2. The zero-order valence-corrected chi connectivity index (χ0v) is 14.8. The second kappa shape index (κ2) is 9.04. The summed E-state index contributed by atoms with van der Waals surface area (Å²) in [5.74, 6) is 2.58. The van der Waals surface area contributed by atoms with Crippen molar-refractivity contribution in [1.29, 1.82) is 0 Å². The molecule has 0 spiro atoms. The van der Waals surface area contributed by atoms with E-state index in [9.17, 15) is 0 Å². The molecule has 0 aromatic heterocycles. The molecule has 0 amide bonds. The highest BCUT2D eigenvalue weighted by molar-refractivity contribution is 4.86. The van der Waals surface area contributed by atoms with Crippen molar-refractivity contribution < 1.29 is 0 Å². The zero-order chi connectivity index (χ0) is 15.1. The first-order chi connectivity index (χ1) is 9.47. The standard InChI is InChI=1S/C18H38N2/c1-7-8-16-9-10-18(19-6)17(11-16)13-20(15(4)5)12-14(2)3/h14-19H,7-13H2,1-6H3. The SMILES string of the molecule is CCCC1CCC(NC)C(CN(CC(C)C)C(C)C)C1. The summed E-state index contributed by atoms with van der Waals surface area (Å²) in [6.45, 7) is 14.2. The Morgan fingerprint density at radius 1 is 1.15 bits per heavy atom. The van der Waals surface area contributed by atoms with Crippen LogP contribution in [-0.2, 0) is 0 Å². The summed E-state index contributed by atoms with van der Waals surface area (Å²) < 4.78 is 0. The summed E-state index contributed by atoms with van der Waals surface area (Å²) in [4.78, 5) is 2.70. The van der Waals surface area contributed by atoms with Gasteiger partial charge >= 0.3 is 0 Å². The molecule has 1 rings (SSSR count). The van der Waals surface area contributed by atoms with Crippen LogP contribution < -0.4 is 5.32 Å². The fourth-order valence-corrected chi connectivity index (χ4v) is 3.88. The van der Waals surface area contributed by atoms with E-state index in [1.54, 1.807) is 0 Å². The molecule has 1 saturated carbocycles. The van der Waals surface area contributed by atoms with Crippen molar-refractivity contribution in [2.45, 2.75) is 78.8 Å². The van der Waals surface area contributed by atoms with Gasteiger partial charge in [-0.3, -0.25) is 0 Å². The first-order valence-electron chi connectivity index (χ1n) is 8.89. The molecule has 0 saturated heterocycles. The Hall–Kier alpha value is -0.0800. The zero-order valence-electron chi connectivity index (χ0n) is 14.8. The summed E-state index contributed by atoms with van der Waals surface area (Å²) in [6, 6.07) is 1.40. The first-order valence-corrected chi connectivity index (χ1v) is 8.89. The van der Waals surface area contributed by atoms with E-state index in [2.05, 4.69) is 51.9 Å². The van der Waals surface area contributed by atoms with Gasteiger partial charge < -0.3 is 10.2 Å². The van der Waals surface area contributed by atoms with Gasteiger partial charge in [-0.2, -0.15) is 0 Å². The molecule has 2 nitrogen and oxygen atoms in total. The van der Waals surface area contributed by atoms with E-state index in [1.165, 1.54) is 45.2 Å². The molecule has 1 aliphatic carbocycles. The van der Waals surface area contributed by atoms with Crippen molar-refractivity contribution in [2.75, 3.05) is 20.1 Å². The first kappa shape index (κ1) is 18.0. The number of rotatable bonds is 8. The fraction of sp³-hybridized carbons (Fsp3) is 1.00. The van der Waals surface area contributed by atoms with Gasteiger partial charge in [-0.15, -0.1) is 0 Å². The number of nitrogens with one attached hydrogen (secondary N) is 1. The van der Waals surface area contributed by atoms with Crippen LogP contribution in [0.4, 0.5) is 0 Å². The quantitative estimate of drug-likeness (QED) is 0.719. The van der Waals surface area contributed by atoms with E-state index in [0.29, 0.717) is 6.04 Å². The van der Waals surface area contributed by atoms with Crippen LogP contribution in [0.3, 0.4) is 0 Å². The summed E-state index contributed by atoms with van der Waals surface area (Å²) >= 11 is 0. The minimum absolute atomic E-state index is 0.668. The molecule has 3 unspecified atom stereocenters. The van der Waals surface area contributed by atoms with Crippen molar-refractivity contribution in [2.24, 2.45) is 17.8 Å². The van der Waals surface area contributed by atoms with E-state index in [0.717, 1.165) is 23.8 Å².